The minimum atomic E-state index is -0.364. The van der Waals surface area contributed by atoms with Crippen molar-refractivity contribution in [2.24, 2.45) is 0 Å². The predicted octanol–water partition coefficient (Wildman–Crippen LogP) is 7.00. The zero-order valence-electron chi connectivity index (χ0n) is 22.7. The van der Waals surface area contributed by atoms with Crippen molar-refractivity contribution < 1.29 is 9.53 Å². The number of benzene rings is 4. The number of hydrogen-bond acceptors (Lipinski definition) is 5. The zero-order chi connectivity index (χ0) is 27.4. The van der Waals surface area contributed by atoms with E-state index in [1.807, 2.05) is 36.4 Å². The average molecular weight is 530 g/mol. The molecule has 0 bridgehead atoms. The minimum absolute atomic E-state index is 0.0596. The number of carbonyl (C=O) groups excluding carboxylic acids is 1. The van der Waals surface area contributed by atoms with Crippen LogP contribution in [0.2, 0.25) is 0 Å². The maximum Gasteiger partial charge on any atom is 0.333 e. The first kappa shape index (κ1) is 24.6. The molecule has 0 spiro atoms. The summed E-state index contributed by atoms with van der Waals surface area (Å²) in [5, 5.41) is 5.67. The number of ether oxygens (including phenoxy) is 1. The van der Waals surface area contributed by atoms with Crippen LogP contribution in [0.25, 0.3) is 49.0 Å². The van der Waals surface area contributed by atoms with Crippen molar-refractivity contribution in [3.8, 4) is 0 Å². The van der Waals surface area contributed by atoms with Crippen LogP contribution in [0.15, 0.2) is 83.7 Å². The topological polar surface area (TPSA) is 63.9 Å². The van der Waals surface area contributed by atoms with Crippen LogP contribution in [0.1, 0.15) is 39.0 Å². The largest absolute Gasteiger partial charge is 0.460 e. The molecule has 1 saturated carbocycles. The maximum absolute atomic E-state index is 14.1. The van der Waals surface area contributed by atoms with Gasteiger partial charge in [-0.15, -0.1) is 0 Å². The molecule has 0 atom stereocenters. The van der Waals surface area contributed by atoms with E-state index in [-0.39, 0.29) is 18.1 Å². The number of fused-ring (bicyclic) bond motifs is 3. The Morgan fingerprint density at radius 1 is 0.950 bits per heavy atom. The van der Waals surface area contributed by atoms with E-state index in [0.717, 1.165) is 56.5 Å². The smallest absolute Gasteiger partial charge is 0.333 e. The van der Waals surface area contributed by atoms with Gasteiger partial charge in [0.05, 0.1) is 17.6 Å². The summed E-state index contributed by atoms with van der Waals surface area (Å²) in [5.74, 6) is -0.364. The molecule has 6 aromatic rings. The van der Waals surface area contributed by atoms with Gasteiger partial charge < -0.3 is 9.64 Å². The van der Waals surface area contributed by atoms with E-state index in [0.29, 0.717) is 29.2 Å². The van der Waals surface area contributed by atoms with E-state index in [4.69, 9.17) is 9.72 Å². The Morgan fingerprint density at radius 3 is 2.50 bits per heavy atom. The van der Waals surface area contributed by atoms with Gasteiger partial charge in [-0.05, 0) is 55.5 Å². The van der Waals surface area contributed by atoms with E-state index < -0.39 is 0 Å². The molecule has 0 saturated heterocycles. The molecule has 0 unspecified atom stereocenters. The summed E-state index contributed by atoms with van der Waals surface area (Å²) in [6.07, 6.45) is 5.80. The fourth-order valence-electron chi connectivity index (χ4n) is 6.62. The molecule has 6 heteroatoms. The Hall–Kier alpha value is -4.45. The van der Waals surface area contributed by atoms with Gasteiger partial charge in [-0.3, -0.25) is 9.20 Å². The lowest BCUT2D eigenvalue weighted by Crippen LogP contribution is -2.39. The molecule has 2 aromatic heterocycles. The molecular formula is C34H31N3O3. The number of rotatable bonds is 6. The van der Waals surface area contributed by atoms with Crippen molar-refractivity contribution in [1.82, 2.24) is 9.38 Å². The molecule has 2 heterocycles. The molecule has 200 valence electrons. The summed E-state index contributed by atoms with van der Waals surface area (Å²) >= 11 is 0. The third-order valence-electron chi connectivity index (χ3n) is 8.47. The minimum Gasteiger partial charge on any atom is -0.460 e. The molecule has 40 heavy (non-hydrogen) atoms. The molecular weight excluding hydrogens is 498 g/mol. The molecule has 0 radical (unpaired) electrons. The molecule has 6 nitrogen and oxygen atoms in total. The second-order valence-corrected chi connectivity index (χ2v) is 11.0. The van der Waals surface area contributed by atoms with Crippen LogP contribution in [0.5, 0.6) is 0 Å². The van der Waals surface area contributed by atoms with Crippen LogP contribution in [0.4, 0.5) is 5.69 Å². The lowest BCUT2D eigenvalue weighted by Gasteiger charge is -2.37. The van der Waals surface area contributed by atoms with Gasteiger partial charge in [0.1, 0.15) is 12.3 Å². The van der Waals surface area contributed by atoms with Gasteiger partial charge in [-0.2, -0.15) is 0 Å². The number of esters is 1. The van der Waals surface area contributed by atoms with Gasteiger partial charge in [-0.1, -0.05) is 62.2 Å². The summed E-state index contributed by atoms with van der Waals surface area (Å²) in [7, 11) is 0. The summed E-state index contributed by atoms with van der Waals surface area (Å²) < 4.78 is 7.31. The highest BCUT2D eigenvalue weighted by Crippen LogP contribution is 2.38. The van der Waals surface area contributed by atoms with Crippen LogP contribution in [0.3, 0.4) is 0 Å². The van der Waals surface area contributed by atoms with Gasteiger partial charge >= 0.3 is 5.97 Å². The van der Waals surface area contributed by atoms with Gasteiger partial charge in [0.2, 0.25) is 0 Å². The third-order valence-corrected chi connectivity index (χ3v) is 8.47. The SMILES string of the molecule is C=C(C)C(=O)OCCN(c1ccc2c3c1cccc3c(=O)n1c3cccc4cccc(nc21)c43)C1CCCCC1. The van der Waals surface area contributed by atoms with Gasteiger partial charge in [0, 0.05) is 44.2 Å². The van der Waals surface area contributed by atoms with E-state index >= 15 is 0 Å². The molecule has 7 rings (SSSR count). The molecule has 1 aliphatic carbocycles. The lowest BCUT2D eigenvalue weighted by atomic mass is 9.92. The molecule has 0 N–H and O–H groups in total. The predicted molar refractivity (Wildman–Crippen MR) is 163 cm³/mol. The van der Waals surface area contributed by atoms with Crippen LogP contribution in [-0.4, -0.2) is 34.5 Å². The molecule has 0 aliphatic heterocycles. The summed E-state index contributed by atoms with van der Waals surface area (Å²) in [5.41, 5.74) is 3.84. The third kappa shape index (κ3) is 3.81. The quantitative estimate of drug-likeness (QED) is 0.101. The maximum atomic E-state index is 14.1. The highest BCUT2D eigenvalue weighted by molar-refractivity contribution is 6.19. The molecule has 1 aliphatic rings. The standard InChI is InChI=1S/C34H31N3O3/c1-21(2)34(39)40-20-19-36(23-11-4-3-5-12-23)28-18-17-25-31-24(28)13-8-14-26(31)33(38)37-29-16-7-10-22-9-6-15-27(30(22)29)35-32(25)37/h6-10,13-18,23H,1,3-5,11-12,19-20H2,2H3. The van der Waals surface area contributed by atoms with Crippen molar-refractivity contribution >= 4 is 60.7 Å². The number of carbonyl (C=O) groups is 1. The summed E-state index contributed by atoms with van der Waals surface area (Å²) in [6, 6.07) is 22.8. The first-order valence-electron chi connectivity index (χ1n) is 14.1. The van der Waals surface area contributed by atoms with Gasteiger partial charge in [0.15, 0.2) is 0 Å². The van der Waals surface area contributed by atoms with Crippen LogP contribution < -0.4 is 10.5 Å². The first-order chi connectivity index (χ1) is 19.5. The van der Waals surface area contributed by atoms with Crippen molar-refractivity contribution in [3.05, 3.63) is 89.2 Å². The Balaban J connectivity index is 1.46. The van der Waals surface area contributed by atoms with E-state index in [1.54, 1.807) is 11.3 Å². The number of nitrogens with zero attached hydrogens (tertiary/aromatic N) is 3. The Morgan fingerprint density at radius 2 is 1.70 bits per heavy atom. The van der Waals surface area contributed by atoms with E-state index in [9.17, 15) is 9.59 Å². The molecule has 1 fully saturated rings. The molecule has 4 aromatic carbocycles. The van der Waals surface area contributed by atoms with Crippen molar-refractivity contribution in [3.63, 3.8) is 0 Å². The summed E-state index contributed by atoms with van der Waals surface area (Å²) in [6.45, 7) is 6.24. The van der Waals surface area contributed by atoms with E-state index in [2.05, 4.69) is 41.8 Å². The lowest BCUT2D eigenvalue weighted by molar-refractivity contribution is -0.138. The number of hydrogen-bond donors (Lipinski definition) is 0. The fraction of sp³-hybridized carbons (Fsp3) is 0.265. The zero-order valence-corrected chi connectivity index (χ0v) is 22.7. The summed E-state index contributed by atoms with van der Waals surface area (Å²) in [4.78, 5) is 33.7. The van der Waals surface area contributed by atoms with Crippen LogP contribution in [0, 0.1) is 0 Å². The highest BCUT2D eigenvalue weighted by atomic mass is 16.5. The second kappa shape index (κ2) is 9.63. The average Bonchev–Trinajstić information content (AvgIpc) is 2.98. The van der Waals surface area contributed by atoms with Crippen molar-refractivity contribution in [1.29, 1.82) is 0 Å². The van der Waals surface area contributed by atoms with Crippen LogP contribution in [-0.2, 0) is 9.53 Å². The number of pyridine rings is 1. The Kier molecular flexibility index (Phi) is 5.92. The number of aromatic nitrogens is 2. The van der Waals surface area contributed by atoms with E-state index in [1.165, 1.54) is 19.3 Å². The second-order valence-electron chi connectivity index (χ2n) is 11.0. The number of anilines is 1. The Labute approximate surface area is 231 Å². The monoisotopic (exact) mass is 529 g/mol. The normalized spacial score (nSPS) is 14.5. The Bertz CT molecular complexity index is 2000. The van der Waals surface area contributed by atoms with Crippen LogP contribution >= 0.6 is 0 Å². The first-order valence-corrected chi connectivity index (χ1v) is 14.1. The van der Waals surface area contributed by atoms with Gasteiger partial charge in [-0.25, -0.2) is 9.78 Å². The van der Waals surface area contributed by atoms with Gasteiger partial charge in [0.25, 0.3) is 5.56 Å². The fourth-order valence-corrected chi connectivity index (χ4v) is 6.62. The van der Waals surface area contributed by atoms with Crippen molar-refractivity contribution in [2.45, 2.75) is 45.1 Å². The highest BCUT2D eigenvalue weighted by Gasteiger charge is 2.25. The van der Waals surface area contributed by atoms with Crippen molar-refractivity contribution in [2.75, 3.05) is 18.1 Å². The molecule has 0 amide bonds.